The molecule has 0 atom stereocenters. The highest BCUT2D eigenvalue weighted by Crippen LogP contribution is 2.49. The number of rotatable bonds is 17. The van der Waals surface area contributed by atoms with Crippen molar-refractivity contribution in [3.63, 3.8) is 0 Å². The molecule has 0 spiro atoms. The minimum Gasteiger partial charge on any atom is -0.462 e. The van der Waals surface area contributed by atoms with Crippen molar-refractivity contribution in [2.24, 2.45) is 0 Å². The van der Waals surface area contributed by atoms with Crippen molar-refractivity contribution in [1.82, 2.24) is 0 Å². The van der Waals surface area contributed by atoms with Gasteiger partial charge >= 0.3 is 19.5 Å². The van der Waals surface area contributed by atoms with E-state index in [1.165, 1.54) is 0 Å². The van der Waals surface area contributed by atoms with E-state index < -0.39 is 19.5 Å². The number of carbonyl (C=O) groups excluding carboxylic acids is 2. The van der Waals surface area contributed by atoms with Gasteiger partial charge in [-0.15, -0.1) is 0 Å². The standard InChI is InChI=1S/C27H41O7P/c1-20(2)26(28)31-14-10-8-12-16-33-35(30,25-23(6)18-22(5)19-24(25)7)34-17-13-9-11-15-32-27(29)21(3)4/h18-19H,1,3,8-17H2,2,4-7H3. The first-order chi connectivity index (χ1) is 16.5. The van der Waals surface area contributed by atoms with E-state index in [-0.39, 0.29) is 13.2 Å². The van der Waals surface area contributed by atoms with Crippen LogP contribution in [-0.2, 0) is 32.7 Å². The van der Waals surface area contributed by atoms with Crippen LogP contribution in [0.25, 0.3) is 0 Å². The maximum Gasteiger partial charge on any atom is 0.361 e. The van der Waals surface area contributed by atoms with E-state index in [2.05, 4.69) is 13.2 Å². The van der Waals surface area contributed by atoms with Gasteiger partial charge in [0.15, 0.2) is 0 Å². The van der Waals surface area contributed by atoms with E-state index in [0.717, 1.165) is 29.5 Å². The van der Waals surface area contributed by atoms with Crippen LogP contribution in [0, 0.1) is 20.8 Å². The molecule has 0 aromatic heterocycles. The molecule has 0 saturated carbocycles. The van der Waals surface area contributed by atoms with Gasteiger partial charge < -0.3 is 18.5 Å². The van der Waals surface area contributed by atoms with Gasteiger partial charge in [-0.05, 0) is 84.3 Å². The average Bonchev–Trinajstić information content (AvgIpc) is 2.76. The van der Waals surface area contributed by atoms with Crippen LogP contribution < -0.4 is 5.30 Å². The summed E-state index contributed by atoms with van der Waals surface area (Å²) in [5.74, 6) is -0.781. The Hall–Kier alpha value is -2.21. The van der Waals surface area contributed by atoms with Crippen molar-refractivity contribution in [1.29, 1.82) is 0 Å². The summed E-state index contributed by atoms with van der Waals surface area (Å²) >= 11 is 0. The van der Waals surface area contributed by atoms with Crippen molar-refractivity contribution >= 4 is 24.8 Å². The van der Waals surface area contributed by atoms with Gasteiger partial charge in [-0.3, -0.25) is 4.57 Å². The molecule has 8 heteroatoms. The minimum absolute atomic E-state index is 0.273. The van der Waals surface area contributed by atoms with Gasteiger partial charge in [0.1, 0.15) is 0 Å². The van der Waals surface area contributed by atoms with Crippen molar-refractivity contribution in [3.05, 3.63) is 53.1 Å². The minimum atomic E-state index is -3.53. The Morgan fingerprint density at radius 3 is 1.46 bits per heavy atom. The third-order valence-corrected chi connectivity index (χ3v) is 7.47. The molecule has 0 aliphatic heterocycles. The van der Waals surface area contributed by atoms with E-state index in [1.807, 2.05) is 32.9 Å². The van der Waals surface area contributed by atoms with Crippen molar-refractivity contribution < 1.29 is 32.7 Å². The van der Waals surface area contributed by atoms with Crippen LogP contribution in [-0.4, -0.2) is 38.4 Å². The monoisotopic (exact) mass is 508 g/mol. The number of unbranched alkanes of at least 4 members (excludes halogenated alkanes) is 4. The molecule has 0 N–H and O–H groups in total. The molecule has 0 fully saturated rings. The largest absolute Gasteiger partial charge is 0.462 e. The molecule has 0 aliphatic rings. The third kappa shape index (κ3) is 11.4. The second-order valence-electron chi connectivity index (χ2n) is 8.87. The highest BCUT2D eigenvalue weighted by molar-refractivity contribution is 7.62. The van der Waals surface area contributed by atoms with Crippen LogP contribution >= 0.6 is 7.60 Å². The first-order valence-electron chi connectivity index (χ1n) is 12.1. The Morgan fingerprint density at radius 1 is 0.714 bits per heavy atom. The Bertz CT molecular complexity index is 868. The van der Waals surface area contributed by atoms with E-state index in [0.29, 0.717) is 55.3 Å². The number of aryl methyl sites for hydroxylation is 3. The van der Waals surface area contributed by atoms with Crippen LogP contribution in [0.3, 0.4) is 0 Å². The summed E-state index contributed by atoms with van der Waals surface area (Å²) in [4.78, 5) is 22.8. The normalized spacial score (nSPS) is 11.2. The fourth-order valence-electron chi connectivity index (χ4n) is 3.48. The maximum atomic E-state index is 13.9. The molecule has 35 heavy (non-hydrogen) atoms. The van der Waals surface area contributed by atoms with Crippen molar-refractivity contribution in [2.45, 2.75) is 73.1 Å². The molecule has 7 nitrogen and oxygen atoms in total. The topological polar surface area (TPSA) is 88.1 Å². The Morgan fingerprint density at radius 2 is 1.09 bits per heavy atom. The summed E-state index contributed by atoms with van der Waals surface area (Å²) in [7, 11) is -3.53. The number of benzene rings is 1. The zero-order valence-electron chi connectivity index (χ0n) is 21.9. The van der Waals surface area contributed by atoms with Gasteiger partial charge in [0.05, 0.1) is 31.7 Å². The van der Waals surface area contributed by atoms with Crippen LogP contribution in [0.4, 0.5) is 0 Å². The first kappa shape index (κ1) is 30.8. The molecular formula is C27H41O7P. The van der Waals surface area contributed by atoms with Gasteiger partial charge in [0.25, 0.3) is 0 Å². The molecule has 0 bridgehead atoms. The van der Waals surface area contributed by atoms with Crippen LogP contribution in [0.2, 0.25) is 0 Å². The summed E-state index contributed by atoms with van der Waals surface area (Å²) in [5.41, 5.74) is 3.60. The second-order valence-corrected chi connectivity index (χ2v) is 10.8. The SMILES string of the molecule is C=C(C)C(=O)OCCCCCOP(=O)(OCCCCCOC(=O)C(=C)C)c1c(C)cc(C)cc1C. The van der Waals surface area contributed by atoms with Gasteiger partial charge in [0.2, 0.25) is 0 Å². The van der Waals surface area contributed by atoms with Crippen molar-refractivity contribution in [2.75, 3.05) is 26.4 Å². The lowest BCUT2D eigenvalue weighted by Crippen LogP contribution is -2.18. The average molecular weight is 509 g/mol. The fraction of sp³-hybridized carbons (Fsp3) is 0.556. The predicted octanol–water partition coefficient (Wildman–Crippen LogP) is 6.04. The second kappa shape index (κ2) is 15.7. The predicted molar refractivity (Wildman–Crippen MR) is 139 cm³/mol. The lowest BCUT2D eigenvalue weighted by atomic mass is 10.1. The molecule has 196 valence electrons. The van der Waals surface area contributed by atoms with Crippen LogP contribution in [0.5, 0.6) is 0 Å². The molecule has 0 unspecified atom stereocenters. The van der Waals surface area contributed by atoms with E-state index >= 15 is 0 Å². The Balaban J connectivity index is 2.61. The lowest BCUT2D eigenvalue weighted by Gasteiger charge is -2.23. The van der Waals surface area contributed by atoms with Gasteiger partial charge in [-0.2, -0.15) is 0 Å². The van der Waals surface area contributed by atoms with Gasteiger partial charge in [-0.25, -0.2) is 9.59 Å². The number of ether oxygens (including phenoxy) is 2. The van der Waals surface area contributed by atoms with Crippen molar-refractivity contribution in [3.8, 4) is 0 Å². The Labute approximate surface area is 210 Å². The number of hydrogen-bond donors (Lipinski definition) is 0. The van der Waals surface area contributed by atoms with Crippen LogP contribution in [0.1, 0.15) is 69.1 Å². The summed E-state index contributed by atoms with van der Waals surface area (Å²) < 4.78 is 35.9. The maximum absolute atomic E-state index is 13.9. The van der Waals surface area contributed by atoms with Gasteiger partial charge in [0, 0.05) is 11.1 Å². The molecule has 0 saturated heterocycles. The zero-order valence-corrected chi connectivity index (χ0v) is 22.8. The molecule has 1 rings (SSSR count). The Kier molecular flexibility index (Phi) is 13.8. The summed E-state index contributed by atoms with van der Waals surface area (Å²) in [6.07, 6.45) is 4.22. The first-order valence-corrected chi connectivity index (χ1v) is 13.6. The van der Waals surface area contributed by atoms with Gasteiger partial charge in [-0.1, -0.05) is 30.9 Å². The molecule has 0 aliphatic carbocycles. The molecule has 0 radical (unpaired) electrons. The molecule has 1 aromatic rings. The van der Waals surface area contributed by atoms with Crippen LogP contribution in [0.15, 0.2) is 36.4 Å². The molecule has 1 aromatic carbocycles. The van der Waals surface area contributed by atoms with E-state index in [1.54, 1.807) is 13.8 Å². The fourth-order valence-corrected chi connectivity index (χ4v) is 5.54. The highest BCUT2D eigenvalue weighted by Gasteiger charge is 2.31. The molecular weight excluding hydrogens is 467 g/mol. The molecule has 0 amide bonds. The third-order valence-electron chi connectivity index (χ3n) is 5.17. The van der Waals surface area contributed by atoms with E-state index in [4.69, 9.17) is 18.5 Å². The quantitative estimate of drug-likeness (QED) is 0.110. The summed E-state index contributed by atoms with van der Waals surface area (Å²) in [6.45, 7) is 17.3. The summed E-state index contributed by atoms with van der Waals surface area (Å²) in [6, 6.07) is 3.96. The number of hydrogen-bond acceptors (Lipinski definition) is 7. The molecule has 0 heterocycles. The number of esters is 2. The zero-order chi connectivity index (χ0) is 26.4. The lowest BCUT2D eigenvalue weighted by molar-refractivity contribution is -0.139. The smallest absolute Gasteiger partial charge is 0.361 e. The summed E-state index contributed by atoms with van der Waals surface area (Å²) in [5, 5.41) is 0.619. The van der Waals surface area contributed by atoms with E-state index in [9.17, 15) is 14.2 Å². The highest BCUT2D eigenvalue weighted by atomic mass is 31.2. The number of carbonyl (C=O) groups is 2.